The van der Waals surface area contributed by atoms with Gasteiger partial charge in [-0.2, -0.15) is 10.2 Å². The Hall–Kier alpha value is -4.19. The van der Waals surface area contributed by atoms with Gasteiger partial charge >= 0.3 is 0 Å². The molecule has 6 nitrogen and oxygen atoms in total. The highest BCUT2D eigenvalue weighted by Crippen LogP contribution is 2.23. The zero-order valence-electron chi connectivity index (χ0n) is 18.9. The molecule has 1 aromatic carbocycles. The Morgan fingerprint density at radius 3 is 2.88 bits per heavy atom. The molecular weight excluding hydrogens is 412 g/mol. The number of amides is 1. The summed E-state index contributed by atoms with van der Waals surface area (Å²) in [5, 5.41) is 8.85. The van der Waals surface area contributed by atoms with Crippen molar-refractivity contribution in [1.29, 1.82) is 0 Å². The number of hydrogen-bond donors (Lipinski definition) is 1. The molecule has 0 saturated carbocycles. The predicted octanol–water partition coefficient (Wildman–Crippen LogP) is 5.33. The number of nitrogens with one attached hydrogen (secondary N) is 1. The Balaban J connectivity index is 1.76. The number of allylic oxidation sites excluding steroid dienone is 10. The number of nitrogens with zero attached hydrogens (tertiary/aromatic N) is 3. The molecule has 1 N–H and O–H groups in total. The maximum Gasteiger partial charge on any atom is 0.277 e. The number of aryl methyl sites for hydroxylation is 1. The lowest BCUT2D eigenvalue weighted by atomic mass is 10.1. The lowest BCUT2D eigenvalue weighted by Crippen LogP contribution is -2.22. The largest absolute Gasteiger partial charge is 0.484 e. The monoisotopic (exact) mass is 440 g/mol. The number of rotatable bonds is 9. The molecule has 1 aromatic heterocycles. The lowest BCUT2D eigenvalue weighted by molar-refractivity contribution is -0.124. The average molecular weight is 441 g/mol. The average Bonchev–Trinajstić information content (AvgIpc) is 3.05. The van der Waals surface area contributed by atoms with Crippen LogP contribution in [-0.4, -0.2) is 28.5 Å². The van der Waals surface area contributed by atoms with E-state index in [9.17, 15) is 4.79 Å². The zero-order chi connectivity index (χ0) is 23.5. The summed E-state index contributed by atoms with van der Waals surface area (Å²) in [6, 6.07) is 8.09. The smallest absolute Gasteiger partial charge is 0.277 e. The van der Waals surface area contributed by atoms with Crippen LogP contribution in [0, 0.1) is 6.92 Å². The summed E-state index contributed by atoms with van der Waals surface area (Å²) in [5.41, 5.74) is 6.95. The van der Waals surface area contributed by atoms with E-state index in [1.807, 2.05) is 92.9 Å². The van der Waals surface area contributed by atoms with Crippen LogP contribution in [0.25, 0.3) is 17.0 Å². The Bertz CT molecular complexity index is 1160. The summed E-state index contributed by atoms with van der Waals surface area (Å²) >= 11 is 0. The molecule has 1 aliphatic rings. The minimum Gasteiger partial charge on any atom is -0.484 e. The summed E-state index contributed by atoms with van der Waals surface area (Å²) in [4.78, 5) is 12.2. The van der Waals surface area contributed by atoms with Crippen LogP contribution in [-0.2, 0) is 9.53 Å². The molecule has 1 amide bonds. The van der Waals surface area contributed by atoms with Crippen LogP contribution >= 0.6 is 0 Å². The van der Waals surface area contributed by atoms with Crippen molar-refractivity contribution in [3.63, 3.8) is 0 Å². The second-order valence-corrected chi connectivity index (χ2v) is 7.28. The van der Waals surface area contributed by atoms with Gasteiger partial charge in [-0.15, -0.1) is 0 Å². The second-order valence-electron chi connectivity index (χ2n) is 7.28. The summed E-state index contributed by atoms with van der Waals surface area (Å²) in [6.07, 6.45) is 21.3. The quantitative estimate of drug-likeness (QED) is 0.326. The van der Waals surface area contributed by atoms with Gasteiger partial charge in [-0.1, -0.05) is 66.8 Å². The van der Waals surface area contributed by atoms with Gasteiger partial charge in [-0.3, -0.25) is 4.79 Å². The fourth-order valence-corrected chi connectivity index (χ4v) is 3.00. The topological polar surface area (TPSA) is 68.5 Å². The minimum absolute atomic E-state index is 0.121. The summed E-state index contributed by atoms with van der Waals surface area (Å²) in [6.45, 7) is 7.75. The Morgan fingerprint density at radius 2 is 2.12 bits per heavy atom. The van der Waals surface area contributed by atoms with Crippen molar-refractivity contribution < 1.29 is 9.53 Å². The van der Waals surface area contributed by atoms with Gasteiger partial charge in [0, 0.05) is 17.3 Å². The Kier molecular flexibility index (Phi) is 8.54. The van der Waals surface area contributed by atoms with E-state index < -0.39 is 0 Å². The fourth-order valence-electron chi connectivity index (χ4n) is 3.00. The number of benzene rings is 1. The standard InChI is InChI=1S/C27H28N4O2/c1-4-6-11-24(5-2)31-19-23(27(30-31)22-16-14-21(3)15-17-22)18-28-29-26(32)20-33-25-12-9-7-8-10-13-25/h4-9,11-19H,2,10,20H2,1,3H3,(H,29,32)/b6-4-,24-11+,28-18+. The molecule has 0 unspecified atom stereocenters. The molecule has 33 heavy (non-hydrogen) atoms. The SMILES string of the molecule is C=C/C(=C\C=C/C)n1cc(/C=N/NC(=O)COC2=CCC=CC=C2)c(-c2ccc(C)cc2)n1. The Morgan fingerprint density at radius 1 is 1.30 bits per heavy atom. The molecule has 2 aromatic rings. The molecule has 0 fully saturated rings. The fraction of sp³-hybridized carbons (Fsp3) is 0.148. The molecular formula is C27H28N4O2. The van der Waals surface area contributed by atoms with Crippen molar-refractivity contribution in [1.82, 2.24) is 15.2 Å². The molecule has 0 bridgehead atoms. The van der Waals surface area contributed by atoms with E-state index in [0.29, 0.717) is 5.76 Å². The maximum absolute atomic E-state index is 12.2. The first kappa shape index (κ1) is 23.5. The van der Waals surface area contributed by atoms with Gasteiger partial charge in [0.2, 0.25) is 0 Å². The van der Waals surface area contributed by atoms with Crippen molar-refractivity contribution in [2.24, 2.45) is 5.10 Å². The van der Waals surface area contributed by atoms with Crippen molar-refractivity contribution in [3.8, 4) is 11.3 Å². The number of aromatic nitrogens is 2. The number of carbonyl (C=O) groups excluding carboxylic acids is 1. The van der Waals surface area contributed by atoms with Crippen LogP contribution < -0.4 is 5.43 Å². The summed E-state index contributed by atoms with van der Waals surface area (Å²) in [5.74, 6) is 0.314. The number of carbonyl (C=O) groups is 1. The van der Waals surface area contributed by atoms with Crippen molar-refractivity contribution in [2.75, 3.05) is 6.61 Å². The van der Waals surface area contributed by atoms with Gasteiger partial charge in [-0.05, 0) is 44.6 Å². The van der Waals surface area contributed by atoms with Gasteiger partial charge in [0.05, 0.1) is 11.9 Å². The molecule has 0 aliphatic heterocycles. The molecule has 0 atom stereocenters. The molecule has 0 radical (unpaired) electrons. The molecule has 1 aliphatic carbocycles. The van der Waals surface area contributed by atoms with E-state index in [4.69, 9.17) is 9.84 Å². The molecule has 168 valence electrons. The van der Waals surface area contributed by atoms with Crippen molar-refractivity contribution in [2.45, 2.75) is 20.3 Å². The third-order valence-corrected chi connectivity index (χ3v) is 4.73. The second kappa shape index (κ2) is 12.0. The predicted molar refractivity (Wildman–Crippen MR) is 134 cm³/mol. The van der Waals surface area contributed by atoms with Crippen LogP contribution in [0.4, 0.5) is 0 Å². The Labute approximate surface area is 194 Å². The van der Waals surface area contributed by atoms with Crippen LogP contribution in [0.3, 0.4) is 0 Å². The molecule has 0 spiro atoms. The minimum atomic E-state index is -0.346. The third kappa shape index (κ3) is 6.90. The number of ether oxygens (including phenoxy) is 1. The van der Waals surface area contributed by atoms with Gasteiger partial charge in [0.15, 0.2) is 6.61 Å². The highest BCUT2D eigenvalue weighted by molar-refractivity contribution is 5.90. The van der Waals surface area contributed by atoms with Gasteiger partial charge in [0.25, 0.3) is 5.91 Å². The van der Waals surface area contributed by atoms with E-state index in [1.165, 1.54) is 0 Å². The summed E-state index contributed by atoms with van der Waals surface area (Å²) < 4.78 is 7.27. The van der Waals surface area contributed by atoms with Crippen LogP contribution in [0.15, 0.2) is 103 Å². The van der Waals surface area contributed by atoms with Crippen LogP contribution in [0.5, 0.6) is 0 Å². The third-order valence-electron chi connectivity index (χ3n) is 4.73. The van der Waals surface area contributed by atoms with Gasteiger partial charge in [0.1, 0.15) is 11.5 Å². The zero-order valence-corrected chi connectivity index (χ0v) is 18.9. The first-order valence-electron chi connectivity index (χ1n) is 10.7. The van der Waals surface area contributed by atoms with E-state index in [-0.39, 0.29) is 12.5 Å². The first-order valence-corrected chi connectivity index (χ1v) is 10.7. The lowest BCUT2D eigenvalue weighted by Gasteiger charge is -2.05. The molecule has 6 heteroatoms. The van der Waals surface area contributed by atoms with E-state index in [2.05, 4.69) is 17.1 Å². The van der Waals surface area contributed by atoms with Gasteiger partial charge in [-0.25, -0.2) is 10.1 Å². The van der Waals surface area contributed by atoms with Crippen molar-refractivity contribution >= 4 is 17.8 Å². The van der Waals surface area contributed by atoms with E-state index in [1.54, 1.807) is 17.0 Å². The first-order chi connectivity index (χ1) is 16.1. The molecule has 3 rings (SSSR count). The molecule has 1 heterocycles. The van der Waals surface area contributed by atoms with Crippen LogP contribution in [0.2, 0.25) is 0 Å². The van der Waals surface area contributed by atoms with Gasteiger partial charge < -0.3 is 4.74 Å². The maximum atomic E-state index is 12.2. The summed E-state index contributed by atoms with van der Waals surface area (Å²) in [7, 11) is 0. The number of hydrogen-bond acceptors (Lipinski definition) is 4. The van der Waals surface area contributed by atoms with Crippen LogP contribution in [0.1, 0.15) is 24.5 Å². The van der Waals surface area contributed by atoms with Crippen molar-refractivity contribution in [3.05, 3.63) is 109 Å². The highest BCUT2D eigenvalue weighted by Gasteiger charge is 2.11. The van der Waals surface area contributed by atoms with E-state index in [0.717, 1.165) is 34.5 Å². The van der Waals surface area contributed by atoms with E-state index >= 15 is 0 Å². The highest BCUT2D eigenvalue weighted by atomic mass is 16.5. The normalized spacial score (nSPS) is 13.9. The molecule has 0 saturated heterocycles. The number of hydrazone groups is 1.